The van der Waals surface area contributed by atoms with Crippen molar-refractivity contribution < 1.29 is 4.79 Å². The largest absolute Gasteiger partial charge is 0.327 e. The third kappa shape index (κ3) is 4.95. The van der Waals surface area contributed by atoms with E-state index < -0.39 is 0 Å². The topological polar surface area (TPSA) is 63.1 Å². The van der Waals surface area contributed by atoms with Crippen LogP contribution in [0.5, 0.6) is 0 Å². The quantitative estimate of drug-likeness (QED) is 0.658. The number of rotatable bonds is 6. The average Bonchev–Trinajstić information content (AvgIpc) is 3.44. The maximum Gasteiger partial charge on any atom is 0.276 e. The molecule has 3 aromatic heterocycles. The second-order valence-electron chi connectivity index (χ2n) is 6.38. The normalized spacial score (nSPS) is 14.7. The Morgan fingerprint density at radius 1 is 1.15 bits per heavy atom. The van der Waals surface area contributed by atoms with Crippen LogP contribution in [0.3, 0.4) is 0 Å². The molecule has 1 fully saturated rings. The van der Waals surface area contributed by atoms with Crippen molar-refractivity contribution in [3.05, 3.63) is 56.7 Å². The Kier molecular flexibility index (Phi) is 7.01. The molecular formula is C18H22ClN5OS2. The highest BCUT2D eigenvalue weighted by atomic mass is 35.5. The Morgan fingerprint density at radius 2 is 1.78 bits per heavy atom. The minimum atomic E-state index is -0.0630. The van der Waals surface area contributed by atoms with Gasteiger partial charge in [0.2, 0.25) is 0 Å². The highest BCUT2D eigenvalue weighted by molar-refractivity contribution is 7.10. The van der Waals surface area contributed by atoms with Crippen LogP contribution < -0.4 is 5.32 Å². The van der Waals surface area contributed by atoms with Crippen LogP contribution in [-0.4, -0.2) is 38.9 Å². The summed E-state index contributed by atoms with van der Waals surface area (Å²) >= 11 is 3.33. The molecule has 0 spiro atoms. The highest BCUT2D eigenvalue weighted by Crippen LogP contribution is 2.21. The van der Waals surface area contributed by atoms with E-state index in [4.69, 9.17) is 0 Å². The van der Waals surface area contributed by atoms with Gasteiger partial charge in [0, 0.05) is 9.75 Å². The summed E-state index contributed by atoms with van der Waals surface area (Å²) < 4.78 is 1.86. The second-order valence-corrected chi connectivity index (χ2v) is 8.45. The summed E-state index contributed by atoms with van der Waals surface area (Å²) in [4.78, 5) is 17.3. The Hall–Kier alpha value is -1.74. The number of carbonyl (C=O) groups excluding carboxylic acids is 1. The molecule has 1 aliphatic rings. The number of aromatic nitrogens is 3. The van der Waals surface area contributed by atoms with Crippen molar-refractivity contribution in [3.8, 4) is 0 Å². The van der Waals surface area contributed by atoms with Crippen LogP contribution in [-0.2, 0) is 13.1 Å². The Morgan fingerprint density at radius 3 is 2.33 bits per heavy atom. The fourth-order valence-electron chi connectivity index (χ4n) is 3.17. The van der Waals surface area contributed by atoms with E-state index in [0.29, 0.717) is 24.8 Å². The van der Waals surface area contributed by atoms with Gasteiger partial charge in [-0.1, -0.05) is 17.3 Å². The van der Waals surface area contributed by atoms with Gasteiger partial charge >= 0.3 is 0 Å². The van der Waals surface area contributed by atoms with Gasteiger partial charge in [-0.2, -0.15) is 0 Å². The number of halogens is 1. The van der Waals surface area contributed by atoms with Gasteiger partial charge in [-0.25, -0.2) is 4.68 Å². The van der Waals surface area contributed by atoms with E-state index in [0.717, 1.165) is 25.9 Å². The van der Waals surface area contributed by atoms with Crippen LogP contribution >= 0.6 is 35.1 Å². The molecule has 0 atom stereocenters. The van der Waals surface area contributed by atoms with Gasteiger partial charge in [0.05, 0.1) is 25.3 Å². The lowest BCUT2D eigenvalue weighted by Gasteiger charge is -2.22. The van der Waals surface area contributed by atoms with Crippen molar-refractivity contribution in [3.63, 3.8) is 0 Å². The van der Waals surface area contributed by atoms with E-state index >= 15 is 0 Å². The fourth-order valence-corrected chi connectivity index (χ4v) is 4.61. The molecule has 0 radical (unpaired) electrons. The molecule has 3 aromatic rings. The van der Waals surface area contributed by atoms with Crippen LogP contribution in [0.1, 0.15) is 39.1 Å². The number of amides is 1. The molecule has 0 bridgehead atoms. The number of hydrogen-bond donors (Lipinski definition) is 1. The molecule has 4 heterocycles. The zero-order valence-electron chi connectivity index (χ0n) is 14.8. The van der Waals surface area contributed by atoms with E-state index in [9.17, 15) is 4.79 Å². The van der Waals surface area contributed by atoms with Crippen LogP contribution in [0.2, 0.25) is 0 Å². The van der Waals surface area contributed by atoms with E-state index in [-0.39, 0.29) is 18.3 Å². The van der Waals surface area contributed by atoms with Crippen molar-refractivity contribution in [2.24, 2.45) is 0 Å². The summed E-state index contributed by atoms with van der Waals surface area (Å²) in [6.07, 6.45) is 3.85. The number of hydrogen-bond acceptors (Lipinski definition) is 6. The predicted octanol–water partition coefficient (Wildman–Crippen LogP) is 3.59. The number of carbonyl (C=O) groups is 1. The van der Waals surface area contributed by atoms with Gasteiger partial charge in [0.25, 0.3) is 5.91 Å². The summed E-state index contributed by atoms with van der Waals surface area (Å²) in [6, 6.07) is 8.48. The summed E-state index contributed by atoms with van der Waals surface area (Å²) in [5.74, 6) is -0.0630. The van der Waals surface area contributed by atoms with E-state index in [1.54, 1.807) is 22.7 Å². The Balaban J connectivity index is 0.00000210. The molecule has 0 unspecified atom stereocenters. The third-order valence-corrected chi connectivity index (χ3v) is 6.28. The van der Waals surface area contributed by atoms with Crippen LogP contribution in [0, 0.1) is 0 Å². The molecule has 9 heteroatoms. The molecule has 1 amide bonds. The monoisotopic (exact) mass is 423 g/mol. The average molecular weight is 424 g/mol. The van der Waals surface area contributed by atoms with Crippen molar-refractivity contribution in [2.45, 2.75) is 32.0 Å². The van der Waals surface area contributed by atoms with E-state index in [2.05, 4.69) is 27.8 Å². The van der Waals surface area contributed by atoms with Gasteiger partial charge in [-0.3, -0.25) is 4.79 Å². The highest BCUT2D eigenvalue weighted by Gasteiger charge is 2.23. The molecule has 6 nitrogen and oxygen atoms in total. The molecule has 1 N–H and O–H groups in total. The third-order valence-electron chi connectivity index (χ3n) is 4.55. The maximum atomic E-state index is 13.1. The molecule has 4 rings (SSSR count). The second kappa shape index (κ2) is 9.45. The van der Waals surface area contributed by atoms with Crippen LogP contribution in [0.15, 0.2) is 41.2 Å². The van der Waals surface area contributed by atoms with Gasteiger partial charge < -0.3 is 10.2 Å². The van der Waals surface area contributed by atoms with Crippen molar-refractivity contribution >= 4 is 41.0 Å². The molecule has 0 saturated carbocycles. The predicted molar refractivity (Wildman–Crippen MR) is 111 cm³/mol. The molecule has 144 valence electrons. The van der Waals surface area contributed by atoms with Gasteiger partial charge in [-0.05, 0) is 48.8 Å². The SMILES string of the molecule is Cl.O=C(c1cn(C2CCNCC2)nn1)N(Cc1cccs1)Cc1cccs1. The Labute approximate surface area is 172 Å². The first kappa shape index (κ1) is 20.0. The first-order valence-electron chi connectivity index (χ1n) is 8.76. The lowest BCUT2D eigenvalue weighted by Crippen LogP contribution is -2.30. The number of thiophene rings is 2. The van der Waals surface area contributed by atoms with Gasteiger partial charge in [0.15, 0.2) is 5.69 Å². The summed E-state index contributed by atoms with van der Waals surface area (Å²) in [7, 11) is 0. The Bertz CT molecular complexity index is 792. The fraction of sp³-hybridized carbons (Fsp3) is 0.389. The first-order chi connectivity index (χ1) is 12.8. The zero-order chi connectivity index (χ0) is 17.8. The zero-order valence-corrected chi connectivity index (χ0v) is 17.2. The van der Waals surface area contributed by atoms with Crippen molar-refractivity contribution in [2.75, 3.05) is 13.1 Å². The maximum absolute atomic E-state index is 13.1. The number of nitrogens with zero attached hydrogens (tertiary/aromatic N) is 4. The van der Waals surface area contributed by atoms with Crippen molar-refractivity contribution in [1.29, 1.82) is 0 Å². The number of nitrogens with one attached hydrogen (secondary N) is 1. The lowest BCUT2D eigenvalue weighted by atomic mass is 10.1. The lowest BCUT2D eigenvalue weighted by molar-refractivity contribution is 0.0727. The summed E-state index contributed by atoms with van der Waals surface area (Å²) in [5, 5.41) is 15.8. The van der Waals surface area contributed by atoms with E-state index in [1.165, 1.54) is 9.75 Å². The standard InChI is InChI=1S/C18H21N5OS2.ClH/c24-18(17-13-23(21-20-17)14-5-7-19-8-6-14)22(11-15-3-1-9-25-15)12-16-4-2-10-26-16;/h1-4,9-10,13-14,19H,5-8,11-12H2;1H. The smallest absolute Gasteiger partial charge is 0.276 e. The molecule has 1 saturated heterocycles. The van der Waals surface area contributed by atoms with Crippen molar-refractivity contribution in [1.82, 2.24) is 25.2 Å². The summed E-state index contributed by atoms with van der Waals surface area (Å²) in [5.41, 5.74) is 0.427. The molecule has 1 aliphatic heterocycles. The van der Waals surface area contributed by atoms with Gasteiger partial charge in [-0.15, -0.1) is 40.2 Å². The van der Waals surface area contributed by atoms with Crippen LogP contribution in [0.4, 0.5) is 0 Å². The first-order valence-corrected chi connectivity index (χ1v) is 10.5. The van der Waals surface area contributed by atoms with Crippen LogP contribution in [0.25, 0.3) is 0 Å². The summed E-state index contributed by atoms with van der Waals surface area (Å²) in [6.45, 7) is 3.15. The minimum absolute atomic E-state index is 0. The molecule has 27 heavy (non-hydrogen) atoms. The van der Waals surface area contributed by atoms with E-state index in [1.807, 2.05) is 38.7 Å². The molecular weight excluding hydrogens is 402 g/mol. The minimum Gasteiger partial charge on any atom is -0.327 e. The van der Waals surface area contributed by atoms with Gasteiger partial charge in [0.1, 0.15) is 0 Å². The molecule has 0 aliphatic carbocycles. The molecule has 0 aromatic carbocycles. The number of piperidine rings is 1.